The van der Waals surface area contributed by atoms with Gasteiger partial charge in [-0.1, -0.05) is 0 Å². The molecule has 0 radical (unpaired) electrons. The van der Waals surface area contributed by atoms with Gasteiger partial charge in [0.15, 0.2) is 0 Å². The van der Waals surface area contributed by atoms with Crippen LogP contribution in [0.15, 0.2) is 16.2 Å². The molecular formula is C14H18N4O2S. The molecule has 21 heavy (non-hydrogen) atoms. The molecular weight excluding hydrogens is 288 g/mol. The van der Waals surface area contributed by atoms with E-state index in [-0.39, 0.29) is 18.1 Å². The van der Waals surface area contributed by atoms with Gasteiger partial charge in [0.05, 0.1) is 13.1 Å². The van der Waals surface area contributed by atoms with Gasteiger partial charge in [-0.05, 0) is 32.4 Å². The molecule has 2 heterocycles. The SMILES string of the molecule is Cc1csc(CNC(=O)NCc2c(C)cc(C)[nH]c2=O)n1. The Kier molecular flexibility index (Phi) is 4.74. The predicted octanol–water partition coefficient (Wildman–Crippen LogP) is 1.76. The summed E-state index contributed by atoms with van der Waals surface area (Å²) in [4.78, 5) is 30.5. The van der Waals surface area contributed by atoms with Crippen molar-refractivity contribution >= 4 is 17.4 Å². The van der Waals surface area contributed by atoms with E-state index < -0.39 is 0 Å². The Labute approximate surface area is 126 Å². The minimum Gasteiger partial charge on any atom is -0.334 e. The van der Waals surface area contributed by atoms with Crippen molar-refractivity contribution in [3.05, 3.63) is 49.3 Å². The summed E-state index contributed by atoms with van der Waals surface area (Å²) in [5, 5.41) is 8.19. The van der Waals surface area contributed by atoms with Crippen LogP contribution in [0.4, 0.5) is 4.79 Å². The van der Waals surface area contributed by atoms with Crippen molar-refractivity contribution in [2.75, 3.05) is 0 Å². The topological polar surface area (TPSA) is 86.9 Å². The zero-order chi connectivity index (χ0) is 15.4. The van der Waals surface area contributed by atoms with Crippen LogP contribution in [0.3, 0.4) is 0 Å². The van der Waals surface area contributed by atoms with Crippen molar-refractivity contribution in [3.63, 3.8) is 0 Å². The number of thiazole rings is 1. The van der Waals surface area contributed by atoms with Crippen LogP contribution in [0.5, 0.6) is 0 Å². The van der Waals surface area contributed by atoms with Gasteiger partial charge in [0.25, 0.3) is 5.56 Å². The molecule has 0 fully saturated rings. The molecule has 0 aliphatic carbocycles. The summed E-state index contributed by atoms with van der Waals surface area (Å²) < 4.78 is 0. The van der Waals surface area contributed by atoms with Gasteiger partial charge in [0.1, 0.15) is 5.01 Å². The van der Waals surface area contributed by atoms with Crippen molar-refractivity contribution < 1.29 is 4.79 Å². The lowest BCUT2D eigenvalue weighted by atomic mass is 10.1. The van der Waals surface area contributed by atoms with E-state index >= 15 is 0 Å². The van der Waals surface area contributed by atoms with E-state index in [1.54, 1.807) is 0 Å². The predicted molar refractivity (Wildman–Crippen MR) is 82.5 cm³/mol. The zero-order valence-electron chi connectivity index (χ0n) is 12.2. The lowest BCUT2D eigenvalue weighted by Crippen LogP contribution is -2.36. The average Bonchev–Trinajstić information content (AvgIpc) is 2.81. The number of H-pyrrole nitrogens is 1. The van der Waals surface area contributed by atoms with Crippen LogP contribution < -0.4 is 16.2 Å². The second-order valence-electron chi connectivity index (χ2n) is 4.86. The number of nitrogens with one attached hydrogen (secondary N) is 3. The van der Waals surface area contributed by atoms with Gasteiger partial charge < -0.3 is 15.6 Å². The van der Waals surface area contributed by atoms with E-state index in [4.69, 9.17) is 0 Å². The first-order valence-corrected chi connectivity index (χ1v) is 7.46. The number of urea groups is 1. The van der Waals surface area contributed by atoms with Gasteiger partial charge in [-0.2, -0.15) is 0 Å². The van der Waals surface area contributed by atoms with Crippen molar-refractivity contribution in [3.8, 4) is 0 Å². The molecule has 0 aliphatic heterocycles. The Morgan fingerprint density at radius 1 is 1.29 bits per heavy atom. The monoisotopic (exact) mass is 306 g/mol. The van der Waals surface area contributed by atoms with E-state index in [1.807, 2.05) is 32.2 Å². The molecule has 3 N–H and O–H groups in total. The maximum atomic E-state index is 11.8. The summed E-state index contributed by atoms with van der Waals surface area (Å²) in [5.41, 5.74) is 3.03. The third kappa shape index (κ3) is 4.16. The van der Waals surface area contributed by atoms with E-state index in [0.717, 1.165) is 22.0 Å². The van der Waals surface area contributed by atoms with Crippen molar-refractivity contribution in [1.82, 2.24) is 20.6 Å². The summed E-state index contributed by atoms with van der Waals surface area (Å²) in [6.07, 6.45) is 0. The molecule has 0 spiro atoms. The van der Waals surface area contributed by atoms with Gasteiger partial charge >= 0.3 is 6.03 Å². The Hall–Kier alpha value is -2.15. The number of amides is 2. The molecule has 0 bridgehead atoms. The number of hydrogen-bond acceptors (Lipinski definition) is 4. The van der Waals surface area contributed by atoms with Gasteiger partial charge in [-0.15, -0.1) is 11.3 Å². The smallest absolute Gasteiger partial charge is 0.315 e. The van der Waals surface area contributed by atoms with Crippen LogP contribution in [-0.2, 0) is 13.1 Å². The van der Waals surface area contributed by atoms with E-state index in [0.29, 0.717) is 12.1 Å². The quantitative estimate of drug-likeness (QED) is 0.804. The summed E-state index contributed by atoms with van der Waals surface area (Å²) in [7, 11) is 0. The highest BCUT2D eigenvalue weighted by atomic mass is 32.1. The van der Waals surface area contributed by atoms with Gasteiger partial charge in [-0.25, -0.2) is 9.78 Å². The molecule has 0 saturated heterocycles. The molecule has 2 amide bonds. The first-order valence-electron chi connectivity index (χ1n) is 6.58. The highest BCUT2D eigenvalue weighted by Gasteiger charge is 2.08. The molecule has 0 aromatic carbocycles. The standard InChI is InChI=1S/C14H18N4O2S/c1-8-4-9(2)18-13(19)11(8)5-15-14(20)16-6-12-17-10(3)7-21-12/h4,7H,5-6H2,1-3H3,(H,18,19)(H2,15,16,20). The second-order valence-corrected chi connectivity index (χ2v) is 5.80. The molecule has 0 unspecified atom stereocenters. The highest BCUT2D eigenvalue weighted by Crippen LogP contribution is 2.07. The Balaban J connectivity index is 1.88. The van der Waals surface area contributed by atoms with E-state index in [9.17, 15) is 9.59 Å². The number of nitrogens with zero attached hydrogens (tertiary/aromatic N) is 1. The molecule has 2 aromatic rings. The van der Waals surface area contributed by atoms with Crippen LogP contribution >= 0.6 is 11.3 Å². The third-order valence-electron chi connectivity index (χ3n) is 2.99. The van der Waals surface area contributed by atoms with Crippen molar-refractivity contribution in [2.45, 2.75) is 33.9 Å². The molecule has 2 rings (SSSR count). The van der Waals surface area contributed by atoms with Gasteiger partial charge in [-0.3, -0.25) is 4.79 Å². The lowest BCUT2D eigenvalue weighted by Gasteiger charge is -2.08. The summed E-state index contributed by atoms with van der Waals surface area (Å²) in [5.74, 6) is 0. The fourth-order valence-electron chi connectivity index (χ4n) is 1.97. The highest BCUT2D eigenvalue weighted by molar-refractivity contribution is 7.09. The molecule has 7 heteroatoms. The number of carbonyl (C=O) groups excluding carboxylic acids is 1. The Bertz CT molecular complexity index is 705. The number of pyridine rings is 1. The van der Waals surface area contributed by atoms with Crippen LogP contribution in [-0.4, -0.2) is 16.0 Å². The number of aromatic amines is 1. The van der Waals surface area contributed by atoms with E-state index in [2.05, 4.69) is 20.6 Å². The number of rotatable bonds is 4. The number of aryl methyl sites for hydroxylation is 3. The van der Waals surface area contributed by atoms with Gasteiger partial charge in [0, 0.05) is 22.3 Å². The molecule has 0 aliphatic rings. The minimum atomic E-state index is -0.317. The Morgan fingerprint density at radius 3 is 2.62 bits per heavy atom. The molecule has 2 aromatic heterocycles. The van der Waals surface area contributed by atoms with Crippen LogP contribution in [0.1, 0.15) is 27.5 Å². The summed E-state index contributed by atoms with van der Waals surface area (Å²) in [6.45, 7) is 6.17. The molecule has 0 atom stereocenters. The first-order chi connectivity index (χ1) is 9.95. The molecule has 6 nitrogen and oxygen atoms in total. The fraction of sp³-hybridized carbons (Fsp3) is 0.357. The molecule has 0 saturated carbocycles. The zero-order valence-corrected chi connectivity index (χ0v) is 13.1. The maximum Gasteiger partial charge on any atom is 0.315 e. The summed E-state index contributed by atoms with van der Waals surface area (Å²) >= 11 is 1.50. The average molecular weight is 306 g/mol. The van der Waals surface area contributed by atoms with Crippen molar-refractivity contribution in [1.29, 1.82) is 0 Å². The fourth-order valence-corrected chi connectivity index (χ4v) is 2.68. The van der Waals surface area contributed by atoms with Crippen LogP contribution in [0, 0.1) is 20.8 Å². The Morgan fingerprint density at radius 2 is 2.00 bits per heavy atom. The number of hydrogen-bond donors (Lipinski definition) is 3. The van der Waals surface area contributed by atoms with Gasteiger partial charge in [0.2, 0.25) is 0 Å². The van der Waals surface area contributed by atoms with Crippen LogP contribution in [0.2, 0.25) is 0 Å². The maximum absolute atomic E-state index is 11.8. The van der Waals surface area contributed by atoms with E-state index in [1.165, 1.54) is 11.3 Å². The van der Waals surface area contributed by atoms with Crippen molar-refractivity contribution in [2.24, 2.45) is 0 Å². The normalized spacial score (nSPS) is 10.4. The summed E-state index contributed by atoms with van der Waals surface area (Å²) in [6, 6.07) is 1.57. The largest absolute Gasteiger partial charge is 0.334 e. The number of carbonyl (C=O) groups is 1. The second kappa shape index (κ2) is 6.53. The first kappa shape index (κ1) is 15.2. The minimum absolute atomic E-state index is 0.164. The third-order valence-corrected chi connectivity index (χ3v) is 3.95. The van der Waals surface area contributed by atoms with Crippen LogP contribution in [0.25, 0.3) is 0 Å². The molecule has 112 valence electrons. The lowest BCUT2D eigenvalue weighted by molar-refractivity contribution is 0.240. The number of aromatic nitrogens is 2.